The summed E-state index contributed by atoms with van der Waals surface area (Å²) < 4.78 is 0. The molecule has 0 unspecified atom stereocenters. The smallest absolute Gasteiger partial charge is 0.338 e. The zero-order chi connectivity index (χ0) is 13.2. The van der Waals surface area contributed by atoms with Crippen molar-refractivity contribution in [2.75, 3.05) is 12.4 Å². The van der Waals surface area contributed by atoms with Gasteiger partial charge in [0, 0.05) is 13.1 Å². The molecule has 9 nitrogen and oxygen atoms in total. The average Bonchev–Trinajstić information content (AvgIpc) is 2.26. The zero-order valence-electron chi connectivity index (χ0n) is 8.54. The fourth-order valence-electron chi connectivity index (χ4n) is 1.29. The third-order valence-corrected chi connectivity index (χ3v) is 1.99. The van der Waals surface area contributed by atoms with E-state index in [1.807, 2.05) is 0 Å². The van der Waals surface area contributed by atoms with Gasteiger partial charge in [0.2, 0.25) is 0 Å². The molecule has 9 heteroatoms. The Hall–Kier alpha value is -2.71. The summed E-state index contributed by atoms with van der Waals surface area (Å²) in [7, 11) is 1.29. The largest absolute Gasteiger partial charge is 0.478 e. The number of carboxylic acid groups (broad SMARTS) is 1. The Kier molecular flexibility index (Phi) is 3.22. The molecule has 0 spiro atoms. The summed E-state index contributed by atoms with van der Waals surface area (Å²) in [5.74, 6) is -1.49. The first kappa shape index (κ1) is 12.4. The maximum absolute atomic E-state index is 10.8. The molecule has 90 valence electrons. The predicted molar refractivity (Wildman–Crippen MR) is 56.3 cm³/mol. The topological polar surface area (TPSA) is 136 Å². The van der Waals surface area contributed by atoms with Crippen molar-refractivity contribution in [2.24, 2.45) is 0 Å². The van der Waals surface area contributed by atoms with Gasteiger partial charge in [-0.15, -0.1) is 0 Å². The van der Waals surface area contributed by atoms with E-state index in [2.05, 4.69) is 5.32 Å². The molecule has 0 atom stereocenters. The van der Waals surface area contributed by atoms with Crippen LogP contribution in [0.5, 0.6) is 0 Å². The highest BCUT2D eigenvalue weighted by Gasteiger charge is 2.26. The predicted octanol–water partition coefficient (Wildman–Crippen LogP) is 1.24. The summed E-state index contributed by atoms with van der Waals surface area (Å²) in [5, 5.41) is 32.4. The number of nitrogens with one attached hydrogen (secondary N) is 1. The highest BCUT2D eigenvalue weighted by Crippen LogP contribution is 2.32. The minimum Gasteiger partial charge on any atom is -0.478 e. The van der Waals surface area contributed by atoms with E-state index in [1.54, 1.807) is 0 Å². The molecule has 0 aliphatic heterocycles. The Labute approximate surface area is 94.0 Å². The Morgan fingerprint density at radius 2 is 1.88 bits per heavy atom. The monoisotopic (exact) mass is 241 g/mol. The van der Waals surface area contributed by atoms with Crippen LogP contribution in [0.4, 0.5) is 17.1 Å². The fourth-order valence-corrected chi connectivity index (χ4v) is 1.29. The van der Waals surface area contributed by atoms with Crippen LogP contribution < -0.4 is 5.32 Å². The van der Waals surface area contributed by atoms with Crippen molar-refractivity contribution < 1.29 is 19.7 Å². The summed E-state index contributed by atoms with van der Waals surface area (Å²) in [6.07, 6.45) is 0. The summed E-state index contributed by atoms with van der Waals surface area (Å²) in [6, 6.07) is 1.47. The highest BCUT2D eigenvalue weighted by molar-refractivity contribution is 5.97. The van der Waals surface area contributed by atoms with Crippen molar-refractivity contribution in [3.8, 4) is 0 Å². The number of hydrogen-bond donors (Lipinski definition) is 2. The summed E-state index contributed by atoms with van der Waals surface area (Å²) >= 11 is 0. The lowest BCUT2D eigenvalue weighted by atomic mass is 10.1. The average molecular weight is 241 g/mol. The van der Waals surface area contributed by atoms with Gasteiger partial charge in [0.25, 0.3) is 11.4 Å². The highest BCUT2D eigenvalue weighted by atomic mass is 16.6. The summed E-state index contributed by atoms with van der Waals surface area (Å²) in [4.78, 5) is 30.3. The normalized spacial score (nSPS) is 9.71. The Bertz CT molecular complexity index is 477. The van der Waals surface area contributed by atoms with Crippen LogP contribution in [0.3, 0.4) is 0 Å². The first-order valence-electron chi connectivity index (χ1n) is 4.26. The lowest BCUT2D eigenvalue weighted by molar-refractivity contribution is -0.393. The molecule has 17 heavy (non-hydrogen) atoms. The van der Waals surface area contributed by atoms with E-state index < -0.39 is 32.8 Å². The molecule has 0 aliphatic carbocycles. The van der Waals surface area contributed by atoms with Gasteiger partial charge >= 0.3 is 5.97 Å². The van der Waals surface area contributed by atoms with Crippen molar-refractivity contribution >= 4 is 23.0 Å². The molecular weight excluding hydrogens is 234 g/mol. The van der Waals surface area contributed by atoms with E-state index in [9.17, 15) is 25.0 Å². The Balaban J connectivity index is 3.63. The van der Waals surface area contributed by atoms with Crippen LogP contribution in [0.1, 0.15) is 10.4 Å². The van der Waals surface area contributed by atoms with E-state index in [0.717, 1.165) is 6.07 Å². The second kappa shape index (κ2) is 4.43. The second-order valence-electron chi connectivity index (χ2n) is 2.96. The first-order valence-corrected chi connectivity index (χ1v) is 4.26. The van der Waals surface area contributed by atoms with E-state index >= 15 is 0 Å². The molecule has 0 bridgehead atoms. The molecule has 0 aromatic heterocycles. The minimum absolute atomic E-state index is 0.270. The maximum Gasteiger partial charge on any atom is 0.338 e. The fraction of sp³-hybridized carbons (Fsp3) is 0.125. The van der Waals surface area contributed by atoms with Gasteiger partial charge in [-0.1, -0.05) is 0 Å². The van der Waals surface area contributed by atoms with Crippen LogP contribution in [-0.4, -0.2) is 28.0 Å². The molecule has 1 rings (SSSR count). The molecular formula is C8H7N3O6. The van der Waals surface area contributed by atoms with Crippen LogP contribution in [0, 0.1) is 20.2 Å². The van der Waals surface area contributed by atoms with Crippen molar-refractivity contribution in [3.63, 3.8) is 0 Å². The Morgan fingerprint density at radius 1 is 1.29 bits per heavy atom. The van der Waals surface area contributed by atoms with Gasteiger partial charge in [-0.05, 0) is 0 Å². The van der Waals surface area contributed by atoms with Gasteiger partial charge in [0.1, 0.15) is 5.69 Å². The van der Waals surface area contributed by atoms with E-state index in [4.69, 9.17) is 5.11 Å². The van der Waals surface area contributed by atoms with Crippen molar-refractivity contribution in [2.45, 2.75) is 0 Å². The van der Waals surface area contributed by atoms with Gasteiger partial charge in [0.15, 0.2) is 0 Å². The van der Waals surface area contributed by atoms with Crippen LogP contribution in [-0.2, 0) is 0 Å². The van der Waals surface area contributed by atoms with Crippen molar-refractivity contribution in [1.82, 2.24) is 0 Å². The number of carboxylic acids is 1. The number of nitro benzene ring substituents is 2. The van der Waals surface area contributed by atoms with Gasteiger partial charge in [0.05, 0.1) is 21.5 Å². The van der Waals surface area contributed by atoms with Crippen molar-refractivity contribution in [3.05, 3.63) is 37.9 Å². The first-order chi connectivity index (χ1) is 7.88. The number of anilines is 1. The Morgan fingerprint density at radius 3 is 2.24 bits per heavy atom. The SMILES string of the molecule is CNc1c(C(=O)O)cc([N+](=O)[O-])cc1[N+](=O)[O-]. The number of aromatic carboxylic acids is 1. The molecule has 0 saturated carbocycles. The van der Waals surface area contributed by atoms with E-state index in [-0.39, 0.29) is 5.69 Å². The van der Waals surface area contributed by atoms with E-state index in [1.165, 1.54) is 7.05 Å². The number of non-ortho nitro benzene ring substituents is 1. The van der Waals surface area contributed by atoms with Crippen molar-refractivity contribution in [1.29, 1.82) is 0 Å². The minimum atomic E-state index is -1.49. The molecule has 0 amide bonds. The molecule has 1 aromatic carbocycles. The van der Waals surface area contributed by atoms with Crippen LogP contribution >= 0.6 is 0 Å². The number of rotatable bonds is 4. The number of hydrogen-bond acceptors (Lipinski definition) is 6. The molecule has 0 aliphatic rings. The lowest BCUT2D eigenvalue weighted by Crippen LogP contribution is -2.07. The molecule has 0 radical (unpaired) electrons. The molecule has 1 aromatic rings. The van der Waals surface area contributed by atoms with Crippen LogP contribution in [0.15, 0.2) is 12.1 Å². The molecule has 0 heterocycles. The molecule has 2 N–H and O–H groups in total. The second-order valence-corrected chi connectivity index (χ2v) is 2.96. The molecule has 0 fully saturated rings. The van der Waals surface area contributed by atoms with Gasteiger partial charge in [-0.3, -0.25) is 20.2 Å². The molecule has 0 saturated heterocycles. The van der Waals surface area contributed by atoms with Crippen LogP contribution in [0.25, 0.3) is 0 Å². The quantitative estimate of drug-likeness (QED) is 0.597. The van der Waals surface area contributed by atoms with Gasteiger partial charge in [-0.2, -0.15) is 0 Å². The maximum atomic E-state index is 10.8. The number of benzene rings is 1. The summed E-state index contributed by atoms with van der Waals surface area (Å²) in [5.41, 5.74) is -2.09. The van der Waals surface area contributed by atoms with Gasteiger partial charge in [-0.25, -0.2) is 4.79 Å². The number of nitro groups is 2. The van der Waals surface area contributed by atoms with Crippen LogP contribution in [0.2, 0.25) is 0 Å². The number of nitrogens with zero attached hydrogens (tertiary/aromatic N) is 2. The number of carbonyl (C=O) groups is 1. The van der Waals surface area contributed by atoms with E-state index in [0.29, 0.717) is 6.07 Å². The standard InChI is InChI=1S/C8H7N3O6/c1-9-7-5(8(12)13)2-4(10(14)15)3-6(7)11(16)17/h2-3,9H,1H3,(H,12,13). The third kappa shape index (κ3) is 2.27. The lowest BCUT2D eigenvalue weighted by Gasteiger charge is -2.05. The van der Waals surface area contributed by atoms with Gasteiger partial charge < -0.3 is 10.4 Å². The zero-order valence-corrected chi connectivity index (χ0v) is 8.54. The third-order valence-electron chi connectivity index (χ3n) is 1.99. The summed E-state index contributed by atoms with van der Waals surface area (Å²) in [6.45, 7) is 0.